The fourth-order valence-electron chi connectivity index (χ4n) is 1.26. The third-order valence-corrected chi connectivity index (χ3v) is 2.02. The Balaban J connectivity index is 3.13. The SMILES string of the molecule is COC(=O)Cc1ccc(F)cc1[B-](F)(F)F. The van der Waals surface area contributed by atoms with Crippen molar-refractivity contribution in [3.63, 3.8) is 0 Å². The molecule has 88 valence electrons. The molecular formula is C9H8BF4O2-. The summed E-state index contributed by atoms with van der Waals surface area (Å²) < 4.78 is 54.5. The Labute approximate surface area is 89.3 Å². The van der Waals surface area contributed by atoms with Gasteiger partial charge in [-0.2, -0.15) is 0 Å². The molecule has 0 bridgehead atoms. The van der Waals surface area contributed by atoms with Crippen LogP contribution in [0.1, 0.15) is 5.56 Å². The molecule has 1 aromatic carbocycles. The van der Waals surface area contributed by atoms with Gasteiger partial charge >= 0.3 is 12.9 Å². The van der Waals surface area contributed by atoms with Crippen molar-refractivity contribution in [1.29, 1.82) is 0 Å². The van der Waals surface area contributed by atoms with Crippen molar-refractivity contribution in [2.75, 3.05) is 7.11 Å². The molecular weight excluding hydrogens is 227 g/mol. The first-order valence-electron chi connectivity index (χ1n) is 4.39. The van der Waals surface area contributed by atoms with Gasteiger partial charge in [0.2, 0.25) is 0 Å². The minimum Gasteiger partial charge on any atom is -0.469 e. The van der Waals surface area contributed by atoms with Crippen LogP contribution in [0.5, 0.6) is 0 Å². The first-order valence-corrected chi connectivity index (χ1v) is 4.39. The second-order valence-electron chi connectivity index (χ2n) is 3.17. The van der Waals surface area contributed by atoms with E-state index in [1.165, 1.54) is 0 Å². The van der Waals surface area contributed by atoms with Crippen molar-refractivity contribution in [2.45, 2.75) is 6.42 Å². The van der Waals surface area contributed by atoms with Crippen molar-refractivity contribution >= 4 is 18.4 Å². The molecule has 16 heavy (non-hydrogen) atoms. The summed E-state index contributed by atoms with van der Waals surface area (Å²) in [7, 11) is 1.07. The van der Waals surface area contributed by atoms with Gasteiger partial charge in [-0.05, 0) is 6.07 Å². The van der Waals surface area contributed by atoms with Crippen molar-refractivity contribution in [1.82, 2.24) is 0 Å². The van der Waals surface area contributed by atoms with E-state index in [2.05, 4.69) is 4.74 Å². The molecule has 2 nitrogen and oxygen atoms in total. The third-order valence-electron chi connectivity index (χ3n) is 2.02. The summed E-state index contributed by atoms with van der Waals surface area (Å²) in [6, 6.07) is 2.21. The minimum atomic E-state index is -5.34. The van der Waals surface area contributed by atoms with Crippen LogP contribution in [-0.4, -0.2) is 20.1 Å². The Morgan fingerprint density at radius 1 is 1.38 bits per heavy atom. The van der Waals surface area contributed by atoms with Crippen LogP contribution in [-0.2, 0) is 16.0 Å². The van der Waals surface area contributed by atoms with Gasteiger partial charge in [-0.1, -0.05) is 17.7 Å². The number of carbonyl (C=O) groups is 1. The number of carbonyl (C=O) groups excluding carboxylic acids is 1. The number of rotatable bonds is 3. The molecule has 0 aliphatic carbocycles. The first kappa shape index (κ1) is 12.5. The number of benzene rings is 1. The van der Waals surface area contributed by atoms with Crippen LogP contribution >= 0.6 is 0 Å². The summed E-state index contributed by atoms with van der Waals surface area (Å²) in [6.07, 6.45) is -0.520. The second kappa shape index (κ2) is 4.55. The first-order chi connectivity index (χ1) is 7.34. The molecule has 1 rings (SSSR count). The maximum Gasteiger partial charge on any atom is 0.510 e. The van der Waals surface area contributed by atoms with Gasteiger partial charge in [0.1, 0.15) is 5.82 Å². The molecule has 0 fully saturated rings. The van der Waals surface area contributed by atoms with Gasteiger partial charge in [-0.25, -0.2) is 4.39 Å². The number of methoxy groups -OCH3 is 1. The molecule has 0 spiro atoms. The van der Waals surface area contributed by atoms with Crippen LogP contribution in [0.3, 0.4) is 0 Å². The van der Waals surface area contributed by atoms with E-state index in [-0.39, 0.29) is 5.56 Å². The molecule has 0 aliphatic heterocycles. The summed E-state index contributed by atoms with van der Waals surface area (Å²) in [4.78, 5) is 10.9. The average molecular weight is 235 g/mol. The van der Waals surface area contributed by atoms with Gasteiger partial charge in [0, 0.05) is 0 Å². The highest BCUT2D eigenvalue weighted by Crippen LogP contribution is 2.14. The molecule has 1 aromatic rings. The lowest BCUT2D eigenvalue weighted by Crippen LogP contribution is -2.38. The van der Waals surface area contributed by atoms with Crippen molar-refractivity contribution in [2.24, 2.45) is 0 Å². The number of esters is 1. The molecule has 7 heteroatoms. The van der Waals surface area contributed by atoms with E-state index >= 15 is 0 Å². The van der Waals surface area contributed by atoms with Crippen molar-refractivity contribution in [3.05, 3.63) is 29.6 Å². The largest absolute Gasteiger partial charge is 0.510 e. The zero-order valence-electron chi connectivity index (χ0n) is 8.34. The van der Waals surface area contributed by atoms with E-state index in [4.69, 9.17) is 0 Å². The summed E-state index contributed by atoms with van der Waals surface area (Å²) >= 11 is 0. The summed E-state index contributed by atoms with van der Waals surface area (Å²) in [5.41, 5.74) is -1.37. The number of hydrogen-bond donors (Lipinski definition) is 0. The fraction of sp³-hybridized carbons (Fsp3) is 0.222. The van der Waals surface area contributed by atoms with Gasteiger partial charge in [0.15, 0.2) is 0 Å². The molecule has 0 aliphatic rings. The van der Waals surface area contributed by atoms with E-state index < -0.39 is 30.6 Å². The van der Waals surface area contributed by atoms with Crippen LogP contribution in [0.25, 0.3) is 0 Å². The Bertz CT molecular complexity index is 403. The highest BCUT2D eigenvalue weighted by Gasteiger charge is 2.29. The van der Waals surface area contributed by atoms with E-state index in [1.807, 2.05) is 0 Å². The maximum atomic E-state index is 12.7. The monoisotopic (exact) mass is 235 g/mol. The molecule has 0 atom stereocenters. The van der Waals surface area contributed by atoms with E-state index in [1.54, 1.807) is 0 Å². The van der Waals surface area contributed by atoms with E-state index in [9.17, 15) is 22.1 Å². The summed E-state index contributed by atoms with van der Waals surface area (Å²) in [5, 5.41) is 0. The zero-order chi connectivity index (χ0) is 12.3. The van der Waals surface area contributed by atoms with Gasteiger partial charge in [0.25, 0.3) is 0 Å². The van der Waals surface area contributed by atoms with Crippen molar-refractivity contribution < 1.29 is 26.9 Å². The number of ether oxygens (including phenoxy) is 1. The normalized spacial score (nSPS) is 11.3. The van der Waals surface area contributed by atoms with Crippen molar-refractivity contribution in [3.8, 4) is 0 Å². The zero-order valence-corrected chi connectivity index (χ0v) is 8.34. The van der Waals surface area contributed by atoms with Crippen LogP contribution in [0.15, 0.2) is 18.2 Å². The Morgan fingerprint density at radius 2 is 2.00 bits per heavy atom. The lowest BCUT2D eigenvalue weighted by Gasteiger charge is -2.19. The lowest BCUT2D eigenvalue weighted by atomic mass is 9.76. The Morgan fingerprint density at radius 3 is 2.50 bits per heavy atom. The van der Waals surface area contributed by atoms with Crippen LogP contribution < -0.4 is 5.46 Å². The minimum absolute atomic E-state index is 0.277. The molecule has 0 saturated carbocycles. The summed E-state index contributed by atoms with van der Waals surface area (Å²) in [5.74, 6) is -1.78. The predicted molar refractivity (Wildman–Crippen MR) is 50.8 cm³/mol. The predicted octanol–water partition coefficient (Wildman–Crippen LogP) is 1.60. The average Bonchev–Trinajstić information content (AvgIpc) is 2.19. The lowest BCUT2D eigenvalue weighted by molar-refractivity contribution is -0.139. The number of hydrogen-bond acceptors (Lipinski definition) is 2. The molecule has 0 amide bonds. The standard InChI is InChI=1S/C9H8BF4O2/c1-16-9(15)4-6-2-3-7(11)5-8(6)10(12,13)14/h2-3,5H,4H2,1H3/q-1. The summed E-state index contributed by atoms with van der Waals surface area (Å²) in [6.45, 7) is -5.34. The molecule has 0 aromatic heterocycles. The highest BCUT2D eigenvalue weighted by molar-refractivity contribution is 6.74. The Kier molecular flexibility index (Phi) is 3.56. The molecule has 0 heterocycles. The molecule has 0 unspecified atom stereocenters. The van der Waals surface area contributed by atoms with Gasteiger partial charge < -0.3 is 17.7 Å². The quantitative estimate of drug-likeness (QED) is 0.451. The Hall–Kier alpha value is -1.53. The topological polar surface area (TPSA) is 26.3 Å². The van der Waals surface area contributed by atoms with Crippen LogP contribution in [0.2, 0.25) is 0 Å². The van der Waals surface area contributed by atoms with Gasteiger partial charge in [-0.3, -0.25) is 4.79 Å². The fourth-order valence-corrected chi connectivity index (χ4v) is 1.26. The molecule has 0 N–H and O–H groups in total. The van der Waals surface area contributed by atoms with Gasteiger partial charge in [0.05, 0.1) is 13.5 Å². The van der Waals surface area contributed by atoms with Gasteiger partial charge in [-0.15, -0.1) is 5.46 Å². The molecule has 0 saturated heterocycles. The molecule has 0 radical (unpaired) electrons. The third kappa shape index (κ3) is 2.98. The smallest absolute Gasteiger partial charge is 0.469 e. The van der Waals surface area contributed by atoms with Crippen LogP contribution in [0.4, 0.5) is 17.3 Å². The second-order valence-corrected chi connectivity index (χ2v) is 3.17. The highest BCUT2D eigenvalue weighted by atomic mass is 19.4. The van der Waals surface area contributed by atoms with E-state index in [0.29, 0.717) is 6.07 Å². The van der Waals surface area contributed by atoms with E-state index in [0.717, 1.165) is 19.2 Å². The van der Waals surface area contributed by atoms with Crippen LogP contribution in [0, 0.1) is 5.82 Å². The maximum absolute atomic E-state index is 12.7. The number of halogens is 4.